The molecular weight excluding hydrogens is 309 g/mol. The average Bonchev–Trinajstić information content (AvgIpc) is 3.19. The molecule has 1 aliphatic rings. The average molecular weight is 333 g/mol. The summed E-state index contributed by atoms with van der Waals surface area (Å²) in [5.74, 6) is 0.604. The SMILES string of the molecule is CCCCn1nnnc1[C@@H]1CC[C@@H](CO)N1Cc1cccc(F)c1. The number of hydrogen-bond donors (Lipinski definition) is 1. The van der Waals surface area contributed by atoms with Gasteiger partial charge in [-0.1, -0.05) is 25.5 Å². The van der Waals surface area contributed by atoms with Crippen LogP contribution in [0.15, 0.2) is 24.3 Å². The van der Waals surface area contributed by atoms with Crippen LogP contribution in [0.1, 0.15) is 50.0 Å². The molecular formula is C17H24FN5O. The first-order valence-electron chi connectivity index (χ1n) is 8.60. The Morgan fingerprint density at radius 2 is 2.21 bits per heavy atom. The van der Waals surface area contributed by atoms with E-state index in [1.807, 2.05) is 10.7 Å². The second-order valence-electron chi connectivity index (χ2n) is 6.35. The molecule has 7 heteroatoms. The summed E-state index contributed by atoms with van der Waals surface area (Å²) < 4.78 is 15.4. The summed E-state index contributed by atoms with van der Waals surface area (Å²) in [4.78, 5) is 2.20. The molecule has 0 radical (unpaired) electrons. The van der Waals surface area contributed by atoms with Crippen LogP contribution in [0.4, 0.5) is 4.39 Å². The van der Waals surface area contributed by atoms with Gasteiger partial charge in [0.2, 0.25) is 0 Å². The van der Waals surface area contributed by atoms with Crippen LogP contribution in [0.2, 0.25) is 0 Å². The first-order chi connectivity index (χ1) is 11.7. The Morgan fingerprint density at radius 3 is 2.96 bits per heavy atom. The number of unbranched alkanes of at least 4 members (excludes halogenated alkanes) is 1. The summed E-state index contributed by atoms with van der Waals surface area (Å²) in [5, 5.41) is 21.9. The molecule has 0 spiro atoms. The van der Waals surface area contributed by atoms with Crippen molar-refractivity contribution in [3.63, 3.8) is 0 Å². The Labute approximate surface area is 141 Å². The van der Waals surface area contributed by atoms with Gasteiger partial charge in [-0.25, -0.2) is 9.07 Å². The number of aryl methyl sites for hydroxylation is 1. The molecule has 3 rings (SSSR count). The molecule has 0 unspecified atom stereocenters. The summed E-state index contributed by atoms with van der Waals surface area (Å²) in [7, 11) is 0. The van der Waals surface area contributed by atoms with E-state index in [-0.39, 0.29) is 24.5 Å². The molecule has 2 heterocycles. The van der Waals surface area contributed by atoms with E-state index in [0.717, 1.165) is 43.6 Å². The standard InChI is InChI=1S/C17H24FN5O/c1-2-3-9-23-17(19-20-21-23)16-8-7-15(12-24)22(16)11-13-5-4-6-14(18)10-13/h4-6,10,15-16,24H,2-3,7-9,11-12H2,1H3/t15-,16-/m0/s1. The van der Waals surface area contributed by atoms with Crippen molar-refractivity contribution in [2.75, 3.05) is 6.61 Å². The third-order valence-electron chi connectivity index (χ3n) is 4.69. The van der Waals surface area contributed by atoms with E-state index < -0.39 is 0 Å². The minimum atomic E-state index is -0.239. The highest BCUT2D eigenvalue weighted by Crippen LogP contribution is 2.36. The minimum Gasteiger partial charge on any atom is -0.395 e. The number of rotatable bonds is 7. The Hall–Kier alpha value is -1.86. The van der Waals surface area contributed by atoms with Crippen LogP contribution in [-0.2, 0) is 13.1 Å². The topological polar surface area (TPSA) is 67.1 Å². The zero-order valence-electron chi connectivity index (χ0n) is 14.0. The maximum absolute atomic E-state index is 13.5. The number of aliphatic hydroxyl groups is 1. The fourth-order valence-electron chi connectivity index (χ4n) is 3.41. The Morgan fingerprint density at radius 1 is 1.33 bits per heavy atom. The van der Waals surface area contributed by atoms with Crippen LogP contribution in [0.3, 0.4) is 0 Å². The minimum absolute atomic E-state index is 0.0505. The van der Waals surface area contributed by atoms with Crippen molar-refractivity contribution in [3.8, 4) is 0 Å². The molecule has 1 fully saturated rings. The Balaban J connectivity index is 1.82. The third kappa shape index (κ3) is 3.62. The van der Waals surface area contributed by atoms with Gasteiger partial charge in [0, 0.05) is 19.1 Å². The number of hydrogen-bond acceptors (Lipinski definition) is 5. The largest absolute Gasteiger partial charge is 0.395 e. The highest BCUT2D eigenvalue weighted by Gasteiger charge is 2.37. The van der Waals surface area contributed by atoms with Crippen molar-refractivity contribution in [1.82, 2.24) is 25.1 Å². The lowest BCUT2D eigenvalue weighted by atomic mass is 10.1. The molecule has 24 heavy (non-hydrogen) atoms. The van der Waals surface area contributed by atoms with E-state index in [1.54, 1.807) is 12.1 Å². The number of likely N-dealkylation sites (tertiary alicyclic amines) is 1. The van der Waals surface area contributed by atoms with Crippen molar-refractivity contribution < 1.29 is 9.50 Å². The second-order valence-corrected chi connectivity index (χ2v) is 6.35. The summed E-state index contributed by atoms with van der Waals surface area (Å²) >= 11 is 0. The van der Waals surface area contributed by atoms with Gasteiger partial charge in [-0.15, -0.1) is 5.10 Å². The number of benzene rings is 1. The molecule has 0 amide bonds. The lowest BCUT2D eigenvalue weighted by Crippen LogP contribution is -2.34. The molecule has 6 nitrogen and oxygen atoms in total. The first kappa shape index (κ1) is 17.0. The molecule has 1 N–H and O–H groups in total. The molecule has 2 atom stereocenters. The Kier molecular flexibility index (Phi) is 5.52. The summed E-state index contributed by atoms with van der Waals surface area (Å²) in [6, 6.07) is 6.72. The van der Waals surface area contributed by atoms with E-state index in [9.17, 15) is 9.50 Å². The molecule has 0 aliphatic carbocycles. The zero-order valence-corrected chi connectivity index (χ0v) is 14.0. The smallest absolute Gasteiger partial charge is 0.168 e. The van der Waals surface area contributed by atoms with E-state index >= 15 is 0 Å². The first-order valence-corrected chi connectivity index (χ1v) is 8.60. The highest BCUT2D eigenvalue weighted by atomic mass is 19.1. The lowest BCUT2D eigenvalue weighted by Gasteiger charge is -2.28. The summed E-state index contributed by atoms with van der Waals surface area (Å²) in [6.07, 6.45) is 3.89. The van der Waals surface area contributed by atoms with Gasteiger partial charge in [0.25, 0.3) is 0 Å². The molecule has 2 aromatic rings. The van der Waals surface area contributed by atoms with Crippen LogP contribution in [0, 0.1) is 5.82 Å². The number of tetrazole rings is 1. The van der Waals surface area contributed by atoms with Crippen molar-refractivity contribution in [2.45, 2.75) is 57.8 Å². The lowest BCUT2D eigenvalue weighted by molar-refractivity contribution is 0.117. The van der Waals surface area contributed by atoms with E-state index in [1.165, 1.54) is 6.07 Å². The molecule has 1 saturated heterocycles. The van der Waals surface area contributed by atoms with Gasteiger partial charge >= 0.3 is 0 Å². The van der Waals surface area contributed by atoms with E-state index in [0.29, 0.717) is 6.54 Å². The molecule has 0 saturated carbocycles. The van der Waals surface area contributed by atoms with Crippen molar-refractivity contribution in [1.29, 1.82) is 0 Å². The second kappa shape index (κ2) is 7.81. The Bertz CT molecular complexity index is 662. The predicted octanol–water partition coefficient (Wildman–Crippen LogP) is 2.31. The van der Waals surface area contributed by atoms with Gasteiger partial charge < -0.3 is 5.11 Å². The molecule has 1 aliphatic heterocycles. The summed E-state index contributed by atoms with van der Waals surface area (Å²) in [6.45, 7) is 3.60. The van der Waals surface area contributed by atoms with Crippen molar-refractivity contribution >= 4 is 0 Å². The van der Waals surface area contributed by atoms with Gasteiger partial charge in [0.05, 0.1) is 12.6 Å². The van der Waals surface area contributed by atoms with Crippen molar-refractivity contribution in [2.24, 2.45) is 0 Å². The van der Waals surface area contributed by atoms with E-state index in [4.69, 9.17) is 0 Å². The van der Waals surface area contributed by atoms with Crippen LogP contribution in [0.25, 0.3) is 0 Å². The maximum Gasteiger partial charge on any atom is 0.168 e. The van der Waals surface area contributed by atoms with Gasteiger partial charge in [-0.2, -0.15) is 0 Å². The van der Waals surface area contributed by atoms with E-state index in [2.05, 4.69) is 27.3 Å². The third-order valence-corrected chi connectivity index (χ3v) is 4.69. The van der Waals surface area contributed by atoms with Crippen LogP contribution < -0.4 is 0 Å². The molecule has 1 aromatic carbocycles. The number of halogens is 1. The van der Waals surface area contributed by atoms with Crippen LogP contribution in [0.5, 0.6) is 0 Å². The van der Waals surface area contributed by atoms with Crippen LogP contribution >= 0.6 is 0 Å². The fourth-order valence-corrected chi connectivity index (χ4v) is 3.41. The monoisotopic (exact) mass is 333 g/mol. The summed E-state index contributed by atoms with van der Waals surface area (Å²) in [5.41, 5.74) is 0.896. The van der Waals surface area contributed by atoms with Crippen LogP contribution in [-0.4, -0.2) is 42.9 Å². The number of aliphatic hydroxyl groups excluding tert-OH is 1. The normalized spacial score (nSPS) is 21.5. The predicted molar refractivity (Wildman–Crippen MR) is 87.5 cm³/mol. The molecule has 1 aromatic heterocycles. The van der Waals surface area contributed by atoms with Gasteiger partial charge in [-0.05, 0) is 47.4 Å². The maximum atomic E-state index is 13.5. The highest BCUT2D eigenvalue weighted by molar-refractivity contribution is 5.17. The van der Waals surface area contributed by atoms with Gasteiger partial charge in [0.15, 0.2) is 5.82 Å². The van der Waals surface area contributed by atoms with Gasteiger partial charge in [-0.3, -0.25) is 4.90 Å². The number of nitrogens with zero attached hydrogens (tertiary/aromatic N) is 5. The van der Waals surface area contributed by atoms with Crippen molar-refractivity contribution in [3.05, 3.63) is 41.5 Å². The zero-order chi connectivity index (χ0) is 16.9. The fraction of sp³-hybridized carbons (Fsp3) is 0.588. The quantitative estimate of drug-likeness (QED) is 0.842. The molecule has 0 bridgehead atoms. The number of aromatic nitrogens is 4. The molecule has 130 valence electrons. The van der Waals surface area contributed by atoms with Gasteiger partial charge in [0.1, 0.15) is 5.82 Å².